The molecule has 0 saturated carbocycles. The Labute approximate surface area is 191 Å². The SMILES string of the molecule is CCC(=O)NC1CCN(CC(=O)Nc2cc(-c3ccccn3)nc(-c3cccs3)n2)CC1. The fourth-order valence-electron chi connectivity index (χ4n) is 3.62. The van der Waals surface area contributed by atoms with Crippen LogP contribution < -0.4 is 10.6 Å². The number of hydrogen-bond donors (Lipinski definition) is 2. The average molecular weight is 451 g/mol. The smallest absolute Gasteiger partial charge is 0.239 e. The van der Waals surface area contributed by atoms with Gasteiger partial charge in [0.2, 0.25) is 11.8 Å². The standard InChI is InChI=1S/C23H26N6O2S/c1-2-21(30)25-16-8-11-29(12-9-16)15-22(31)27-20-14-18(17-6-3-4-10-24-17)26-23(28-20)19-7-5-13-32-19/h3-7,10,13-14,16H,2,8-9,11-12,15H2,1H3,(H,25,30)(H,26,27,28,31). The maximum atomic E-state index is 12.7. The molecule has 4 rings (SSSR count). The van der Waals surface area contributed by atoms with Crippen molar-refractivity contribution in [2.24, 2.45) is 0 Å². The fourth-order valence-corrected chi connectivity index (χ4v) is 4.28. The van der Waals surface area contributed by atoms with Crippen molar-refractivity contribution in [3.63, 3.8) is 0 Å². The van der Waals surface area contributed by atoms with Gasteiger partial charge in [-0.25, -0.2) is 9.97 Å². The van der Waals surface area contributed by atoms with Crippen molar-refractivity contribution < 1.29 is 9.59 Å². The number of carbonyl (C=O) groups is 2. The first kappa shape index (κ1) is 22.0. The summed E-state index contributed by atoms with van der Waals surface area (Å²) in [5, 5.41) is 7.93. The molecule has 1 fully saturated rings. The number of carbonyl (C=O) groups excluding carboxylic acids is 2. The van der Waals surface area contributed by atoms with Gasteiger partial charge in [0.05, 0.1) is 22.8 Å². The molecule has 1 aliphatic heterocycles. The molecule has 0 radical (unpaired) electrons. The Balaban J connectivity index is 1.43. The average Bonchev–Trinajstić information content (AvgIpc) is 3.36. The quantitative estimate of drug-likeness (QED) is 0.573. The Morgan fingerprint density at radius 1 is 1.09 bits per heavy atom. The molecule has 0 atom stereocenters. The van der Waals surface area contributed by atoms with Crippen LogP contribution in [0.3, 0.4) is 0 Å². The summed E-state index contributed by atoms with van der Waals surface area (Å²) in [5.41, 5.74) is 1.38. The van der Waals surface area contributed by atoms with Crippen molar-refractivity contribution in [2.75, 3.05) is 25.0 Å². The summed E-state index contributed by atoms with van der Waals surface area (Å²) < 4.78 is 0. The van der Waals surface area contributed by atoms with E-state index in [1.807, 2.05) is 42.6 Å². The first-order valence-electron chi connectivity index (χ1n) is 10.8. The van der Waals surface area contributed by atoms with Gasteiger partial charge in [-0.1, -0.05) is 19.1 Å². The highest BCUT2D eigenvalue weighted by molar-refractivity contribution is 7.13. The van der Waals surface area contributed by atoms with Crippen LogP contribution >= 0.6 is 11.3 Å². The van der Waals surface area contributed by atoms with Crippen molar-refractivity contribution in [3.8, 4) is 22.1 Å². The molecule has 9 heteroatoms. The summed E-state index contributed by atoms with van der Waals surface area (Å²) in [6.07, 6.45) is 3.90. The third kappa shape index (κ3) is 5.74. The number of anilines is 1. The van der Waals surface area contributed by atoms with Gasteiger partial charge in [-0.2, -0.15) is 0 Å². The minimum absolute atomic E-state index is 0.0789. The molecule has 3 aromatic rings. The van der Waals surface area contributed by atoms with Crippen molar-refractivity contribution in [2.45, 2.75) is 32.2 Å². The first-order chi connectivity index (χ1) is 15.6. The van der Waals surface area contributed by atoms with E-state index in [1.165, 1.54) is 0 Å². The maximum absolute atomic E-state index is 12.7. The molecule has 166 valence electrons. The van der Waals surface area contributed by atoms with E-state index in [0.717, 1.165) is 36.5 Å². The minimum Gasteiger partial charge on any atom is -0.353 e. The lowest BCUT2D eigenvalue weighted by atomic mass is 10.0. The van der Waals surface area contributed by atoms with Gasteiger partial charge in [-0.05, 0) is 36.4 Å². The molecule has 1 saturated heterocycles. The molecule has 32 heavy (non-hydrogen) atoms. The van der Waals surface area contributed by atoms with Gasteiger partial charge in [-0.3, -0.25) is 19.5 Å². The number of nitrogens with one attached hydrogen (secondary N) is 2. The summed E-state index contributed by atoms with van der Waals surface area (Å²) >= 11 is 1.55. The lowest BCUT2D eigenvalue weighted by Gasteiger charge is -2.31. The number of aromatic nitrogens is 3. The van der Waals surface area contributed by atoms with Crippen LogP contribution in [-0.2, 0) is 9.59 Å². The van der Waals surface area contributed by atoms with Crippen LogP contribution in [0.25, 0.3) is 22.1 Å². The van der Waals surface area contributed by atoms with Crippen molar-refractivity contribution in [1.82, 2.24) is 25.2 Å². The molecule has 0 unspecified atom stereocenters. The minimum atomic E-state index is -0.121. The van der Waals surface area contributed by atoms with Gasteiger partial charge in [-0.15, -0.1) is 11.3 Å². The van der Waals surface area contributed by atoms with E-state index in [0.29, 0.717) is 23.8 Å². The van der Waals surface area contributed by atoms with Gasteiger partial charge >= 0.3 is 0 Å². The highest BCUT2D eigenvalue weighted by Gasteiger charge is 2.22. The van der Waals surface area contributed by atoms with Crippen LogP contribution in [0.4, 0.5) is 5.82 Å². The van der Waals surface area contributed by atoms with Crippen molar-refractivity contribution >= 4 is 29.0 Å². The molecule has 8 nitrogen and oxygen atoms in total. The van der Waals surface area contributed by atoms with E-state index in [4.69, 9.17) is 0 Å². The van der Waals surface area contributed by atoms with Crippen LogP contribution in [0.1, 0.15) is 26.2 Å². The number of pyridine rings is 1. The van der Waals surface area contributed by atoms with E-state index >= 15 is 0 Å². The third-order valence-electron chi connectivity index (χ3n) is 5.30. The molecular formula is C23H26N6O2S. The number of rotatable bonds is 7. The Hall–Kier alpha value is -3.17. The largest absolute Gasteiger partial charge is 0.353 e. The van der Waals surface area contributed by atoms with Crippen LogP contribution in [0.2, 0.25) is 0 Å². The van der Waals surface area contributed by atoms with Crippen molar-refractivity contribution in [1.29, 1.82) is 0 Å². The topological polar surface area (TPSA) is 100 Å². The van der Waals surface area contributed by atoms with Gasteiger partial charge in [0.15, 0.2) is 5.82 Å². The predicted molar refractivity (Wildman–Crippen MR) is 125 cm³/mol. The maximum Gasteiger partial charge on any atom is 0.239 e. The summed E-state index contributed by atoms with van der Waals surface area (Å²) in [6.45, 7) is 3.67. The molecule has 0 aromatic carbocycles. The molecule has 0 bridgehead atoms. The van der Waals surface area contributed by atoms with E-state index in [-0.39, 0.29) is 24.4 Å². The Morgan fingerprint density at radius 3 is 2.62 bits per heavy atom. The Bertz CT molecular complexity index is 1050. The summed E-state index contributed by atoms with van der Waals surface area (Å²) in [4.78, 5) is 40.9. The third-order valence-corrected chi connectivity index (χ3v) is 6.17. The molecule has 4 heterocycles. The summed E-state index contributed by atoms with van der Waals surface area (Å²) in [5.74, 6) is 0.976. The highest BCUT2D eigenvalue weighted by Crippen LogP contribution is 2.26. The van der Waals surface area contributed by atoms with Crippen molar-refractivity contribution in [3.05, 3.63) is 48.0 Å². The van der Waals surface area contributed by atoms with E-state index < -0.39 is 0 Å². The molecule has 0 aliphatic carbocycles. The molecule has 2 amide bonds. The van der Waals surface area contributed by atoms with Crippen LogP contribution in [0, 0.1) is 0 Å². The van der Waals surface area contributed by atoms with Gasteiger partial charge < -0.3 is 10.6 Å². The number of thiophene rings is 1. The van der Waals surface area contributed by atoms with Crippen LogP contribution in [0.15, 0.2) is 48.0 Å². The zero-order valence-electron chi connectivity index (χ0n) is 18.0. The number of piperidine rings is 1. The fraction of sp³-hybridized carbons (Fsp3) is 0.348. The van der Waals surface area contributed by atoms with Gasteiger partial charge in [0.1, 0.15) is 5.82 Å². The van der Waals surface area contributed by atoms with Crippen LogP contribution in [0.5, 0.6) is 0 Å². The number of hydrogen-bond acceptors (Lipinski definition) is 7. The van der Waals surface area contributed by atoms with Crippen LogP contribution in [-0.4, -0.2) is 57.3 Å². The second-order valence-corrected chi connectivity index (χ2v) is 8.62. The summed E-state index contributed by atoms with van der Waals surface area (Å²) in [7, 11) is 0. The summed E-state index contributed by atoms with van der Waals surface area (Å²) in [6, 6.07) is 11.5. The highest BCUT2D eigenvalue weighted by atomic mass is 32.1. The Morgan fingerprint density at radius 2 is 1.94 bits per heavy atom. The number of nitrogens with zero attached hydrogens (tertiary/aromatic N) is 4. The number of likely N-dealkylation sites (tertiary alicyclic amines) is 1. The predicted octanol–water partition coefficient (Wildman–Crippen LogP) is 3.20. The van der Waals surface area contributed by atoms with Gasteiger partial charge in [0.25, 0.3) is 0 Å². The molecule has 2 N–H and O–H groups in total. The van der Waals surface area contributed by atoms with E-state index in [1.54, 1.807) is 23.6 Å². The second-order valence-electron chi connectivity index (χ2n) is 7.67. The zero-order valence-corrected chi connectivity index (χ0v) is 18.8. The lowest BCUT2D eigenvalue weighted by molar-refractivity contribution is -0.122. The number of amides is 2. The van der Waals surface area contributed by atoms with Gasteiger partial charge in [0, 0.05) is 37.8 Å². The Kier molecular flexibility index (Phi) is 7.18. The first-order valence-corrected chi connectivity index (χ1v) is 11.6. The molecule has 0 spiro atoms. The molecule has 3 aromatic heterocycles. The zero-order chi connectivity index (χ0) is 22.3. The molecular weight excluding hydrogens is 424 g/mol. The molecule has 1 aliphatic rings. The second kappa shape index (κ2) is 10.4. The normalized spacial score (nSPS) is 14.8. The lowest BCUT2D eigenvalue weighted by Crippen LogP contribution is -2.46. The monoisotopic (exact) mass is 450 g/mol. The van der Waals surface area contributed by atoms with E-state index in [2.05, 4.69) is 30.5 Å². The van der Waals surface area contributed by atoms with E-state index in [9.17, 15) is 9.59 Å².